The number of hydrogen-bond donors (Lipinski definition) is 2. The number of fused-ring (bicyclic) bond motifs is 3. The van der Waals surface area contributed by atoms with Gasteiger partial charge in [-0.15, -0.1) is 0 Å². The van der Waals surface area contributed by atoms with E-state index in [2.05, 4.69) is 72.2 Å². The Morgan fingerprint density at radius 3 is 2.47 bits per heavy atom. The zero-order valence-electron chi connectivity index (χ0n) is 19.2. The second-order valence-corrected chi connectivity index (χ2v) is 11.1. The molecule has 3 aromatic rings. The van der Waals surface area contributed by atoms with Crippen LogP contribution in [0, 0.1) is 0 Å². The lowest BCUT2D eigenvalue weighted by molar-refractivity contribution is -0.129. The zero-order valence-corrected chi connectivity index (χ0v) is 22.4. The Balaban J connectivity index is 1.42. The maximum absolute atomic E-state index is 12.0. The van der Waals surface area contributed by atoms with Gasteiger partial charge in [-0.25, -0.2) is 9.80 Å². The fourth-order valence-corrected chi connectivity index (χ4v) is 6.65. The van der Waals surface area contributed by atoms with Gasteiger partial charge in [-0.2, -0.15) is 5.10 Å². The van der Waals surface area contributed by atoms with Crippen molar-refractivity contribution in [2.24, 2.45) is 5.10 Å². The number of carboxylic acid groups (broad SMARTS) is 1. The van der Waals surface area contributed by atoms with Gasteiger partial charge in [-0.3, -0.25) is 0 Å². The number of anilines is 3. The number of benzene rings is 3. The van der Waals surface area contributed by atoms with E-state index in [-0.39, 0.29) is 11.3 Å². The molecule has 0 spiro atoms. The van der Waals surface area contributed by atoms with Gasteiger partial charge in [0, 0.05) is 32.2 Å². The molecule has 0 saturated heterocycles. The van der Waals surface area contributed by atoms with Crippen LogP contribution in [0.4, 0.5) is 17.1 Å². The first-order valence-electron chi connectivity index (χ1n) is 11.9. The lowest BCUT2D eigenvalue weighted by atomic mass is 9.95. The molecular weight excluding hydrogens is 586 g/mol. The predicted molar refractivity (Wildman–Crippen MR) is 149 cm³/mol. The molecule has 6 nitrogen and oxygen atoms in total. The summed E-state index contributed by atoms with van der Waals surface area (Å²) >= 11 is 7.35. The number of aliphatic hydroxyl groups excluding tert-OH is 1. The Morgan fingerprint density at radius 2 is 1.75 bits per heavy atom. The summed E-state index contributed by atoms with van der Waals surface area (Å²) in [6, 6.07) is 22.0. The molecule has 0 amide bonds. The summed E-state index contributed by atoms with van der Waals surface area (Å²) in [5.41, 5.74) is 5.15. The topological polar surface area (TPSA) is 76.4 Å². The van der Waals surface area contributed by atoms with E-state index < -0.39 is 12.2 Å². The molecular formula is C28H23Br2N3O3. The van der Waals surface area contributed by atoms with Crippen molar-refractivity contribution >= 4 is 66.7 Å². The number of nitrogens with zero attached hydrogens (tertiary/aromatic N) is 3. The SMILES string of the molecule is O=C(O)C1=NN(c2ccccc2)C(O)/C1=C\c1cc(Br)c2c(c1)C1CCCC1N2c1ccc(Br)cc1. The molecule has 36 heavy (non-hydrogen) atoms. The highest BCUT2D eigenvalue weighted by atomic mass is 79.9. The fraction of sp³-hybridized carbons (Fsp3) is 0.214. The van der Waals surface area contributed by atoms with E-state index in [1.807, 2.05) is 24.3 Å². The third-order valence-corrected chi connectivity index (χ3v) is 8.34. The van der Waals surface area contributed by atoms with Crippen molar-refractivity contribution in [3.05, 3.63) is 92.4 Å². The monoisotopic (exact) mass is 607 g/mol. The van der Waals surface area contributed by atoms with Crippen molar-refractivity contribution < 1.29 is 15.0 Å². The summed E-state index contributed by atoms with van der Waals surface area (Å²) in [5, 5.41) is 26.5. The van der Waals surface area contributed by atoms with E-state index in [9.17, 15) is 15.0 Å². The lowest BCUT2D eigenvalue weighted by Gasteiger charge is -2.28. The van der Waals surface area contributed by atoms with Gasteiger partial charge in [0.1, 0.15) is 0 Å². The molecule has 1 saturated carbocycles. The number of hydrogen-bond acceptors (Lipinski definition) is 5. The quantitative estimate of drug-likeness (QED) is 0.346. The Kier molecular flexibility index (Phi) is 5.98. The number of para-hydroxylation sites is 1. The van der Waals surface area contributed by atoms with Crippen LogP contribution >= 0.6 is 31.9 Å². The average molecular weight is 609 g/mol. The number of aliphatic hydroxyl groups is 1. The van der Waals surface area contributed by atoms with E-state index in [0.717, 1.165) is 33.0 Å². The van der Waals surface area contributed by atoms with Crippen LogP contribution in [-0.2, 0) is 4.79 Å². The minimum atomic E-state index is -1.19. The average Bonchev–Trinajstić information content (AvgIpc) is 3.55. The van der Waals surface area contributed by atoms with Gasteiger partial charge in [0.15, 0.2) is 11.9 Å². The Morgan fingerprint density at radius 1 is 1.00 bits per heavy atom. The van der Waals surface area contributed by atoms with Crippen LogP contribution in [0.2, 0.25) is 0 Å². The number of carbonyl (C=O) groups is 1. The van der Waals surface area contributed by atoms with Crippen LogP contribution in [-0.4, -0.2) is 34.2 Å². The highest BCUT2D eigenvalue weighted by Crippen LogP contribution is 2.55. The van der Waals surface area contributed by atoms with Gasteiger partial charge in [-0.1, -0.05) is 40.5 Å². The molecule has 6 rings (SSSR count). The van der Waals surface area contributed by atoms with Gasteiger partial charge < -0.3 is 15.1 Å². The summed E-state index contributed by atoms with van der Waals surface area (Å²) in [6.45, 7) is 0. The molecule has 2 aliphatic heterocycles. The third-order valence-electron chi connectivity index (χ3n) is 7.21. The number of carboxylic acids is 1. The Hall–Kier alpha value is -2.94. The van der Waals surface area contributed by atoms with E-state index in [1.165, 1.54) is 22.7 Å². The number of rotatable bonds is 4. The number of aliphatic carboxylic acids is 1. The maximum Gasteiger partial charge on any atom is 0.356 e. The molecule has 1 aliphatic carbocycles. The number of halogens is 2. The zero-order chi connectivity index (χ0) is 25.0. The van der Waals surface area contributed by atoms with E-state index in [4.69, 9.17) is 0 Å². The Labute approximate surface area is 225 Å². The van der Waals surface area contributed by atoms with Crippen LogP contribution in [0.1, 0.15) is 36.3 Å². The summed E-state index contributed by atoms with van der Waals surface area (Å²) in [6.07, 6.45) is 3.97. The summed E-state index contributed by atoms with van der Waals surface area (Å²) in [7, 11) is 0. The van der Waals surface area contributed by atoms with Crippen molar-refractivity contribution in [1.82, 2.24) is 0 Å². The first-order chi connectivity index (χ1) is 17.4. The summed E-state index contributed by atoms with van der Waals surface area (Å²) in [4.78, 5) is 14.5. The molecule has 3 aromatic carbocycles. The molecule has 2 N–H and O–H groups in total. The van der Waals surface area contributed by atoms with Crippen LogP contribution < -0.4 is 9.91 Å². The second-order valence-electron chi connectivity index (χ2n) is 9.30. The molecule has 3 aliphatic rings. The smallest absolute Gasteiger partial charge is 0.356 e. The van der Waals surface area contributed by atoms with Gasteiger partial charge in [0.2, 0.25) is 0 Å². The molecule has 182 valence electrons. The van der Waals surface area contributed by atoms with Crippen LogP contribution in [0.3, 0.4) is 0 Å². The standard InChI is InChI=1S/C28H23Br2N3O3/c29-17-9-11-18(12-10-17)32-24-8-4-7-20(24)21-13-16(15-23(30)26(21)32)14-22-25(28(35)36)31-33(27(22)34)19-5-2-1-3-6-19/h1-3,5-6,9-15,20,24,27,34H,4,7-8H2,(H,35,36)/b22-14-. The highest BCUT2D eigenvalue weighted by molar-refractivity contribution is 9.10. The van der Waals surface area contributed by atoms with Crippen LogP contribution in [0.15, 0.2) is 86.3 Å². The first kappa shape index (κ1) is 23.5. The maximum atomic E-state index is 12.0. The minimum Gasteiger partial charge on any atom is -0.476 e. The predicted octanol–water partition coefficient (Wildman–Crippen LogP) is 6.66. The van der Waals surface area contributed by atoms with Crippen molar-refractivity contribution in [3.8, 4) is 0 Å². The Bertz CT molecular complexity index is 1410. The molecule has 0 bridgehead atoms. The van der Waals surface area contributed by atoms with E-state index in [1.54, 1.807) is 18.2 Å². The normalized spacial score (nSPS) is 23.7. The van der Waals surface area contributed by atoms with Gasteiger partial charge >= 0.3 is 5.97 Å². The highest BCUT2D eigenvalue weighted by Gasteiger charge is 2.43. The fourth-order valence-electron chi connectivity index (χ4n) is 5.71. The van der Waals surface area contributed by atoms with Gasteiger partial charge in [-0.05, 0) is 94.5 Å². The van der Waals surface area contributed by atoms with Gasteiger partial charge in [0.25, 0.3) is 0 Å². The van der Waals surface area contributed by atoms with Gasteiger partial charge in [0.05, 0.1) is 11.4 Å². The summed E-state index contributed by atoms with van der Waals surface area (Å²) < 4.78 is 2.00. The largest absolute Gasteiger partial charge is 0.476 e. The van der Waals surface area contributed by atoms with E-state index in [0.29, 0.717) is 17.6 Å². The molecule has 1 fully saturated rings. The molecule has 2 heterocycles. The van der Waals surface area contributed by atoms with Crippen molar-refractivity contribution in [2.75, 3.05) is 9.91 Å². The molecule has 0 radical (unpaired) electrons. The van der Waals surface area contributed by atoms with Crippen molar-refractivity contribution in [1.29, 1.82) is 0 Å². The molecule has 0 aromatic heterocycles. The van der Waals surface area contributed by atoms with Crippen molar-refractivity contribution in [2.45, 2.75) is 37.5 Å². The first-order valence-corrected chi connectivity index (χ1v) is 13.5. The molecule has 3 unspecified atom stereocenters. The lowest BCUT2D eigenvalue weighted by Crippen LogP contribution is -2.28. The molecule has 8 heteroatoms. The van der Waals surface area contributed by atoms with Crippen LogP contribution in [0.25, 0.3) is 6.08 Å². The van der Waals surface area contributed by atoms with Crippen LogP contribution in [0.5, 0.6) is 0 Å². The van der Waals surface area contributed by atoms with Crippen molar-refractivity contribution in [3.63, 3.8) is 0 Å². The second kappa shape index (κ2) is 9.18. The minimum absolute atomic E-state index is 0.154. The molecule has 3 atom stereocenters. The van der Waals surface area contributed by atoms with E-state index >= 15 is 0 Å². The summed E-state index contributed by atoms with van der Waals surface area (Å²) in [5.74, 6) is -0.767. The number of hydrazone groups is 1. The third kappa shape index (κ3) is 3.88.